The molecule has 1 atom stereocenters. The van der Waals surface area contributed by atoms with Crippen molar-refractivity contribution >= 4 is 0 Å². The van der Waals surface area contributed by atoms with Gasteiger partial charge in [-0.25, -0.2) is 0 Å². The van der Waals surface area contributed by atoms with Gasteiger partial charge in [0.05, 0.1) is 24.9 Å². The molecule has 1 saturated carbocycles. The summed E-state index contributed by atoms with van der Waals surface area (Å²) in [4.78, 5) is 0. The van der Waals surface area contributed by atoms with Gasteiger partial charge in [0.25, 0.3) is 0 Å². The monoisotopic (exact) mass is 394 g/mol. The lowest BCUT2D eigenvalue weighted by Crippen LogP contribution is -2.30. The first-order valence-corrected chi connectivity index (χ1v) is 11.3. The summed E-state index contributed by atoms with van der Waals surface area (Å²) in [6.07, 6.45) is 8.11. The highest BCUT2D eigenvalue weighted by atomic mass is 16.5. The molecule has 2 aromatic carbocycles. The minimum Gasteiger partial charge on any atom is -0.373 e. The Hall–Kier alpha value is -1.64. The van der Waals surface area contributed by atoms with Crippen LogP contribution in [0.25, 0.3) is 11.1 Å². The zero-order valence-corrected chi connectivity index (χ0v) is 18.7. The minimum atomic E-state index is -0.126. The predicted octanol–water partition coefficient (Wildman–Crippen LogP) is 7.33. The van der Waals surface area contributed by atoms with Gasteiger partial charge in [0.1, 0.15) is 0 Å². The van der Waals surface area contributed by atoms with Gasteiger partial charge in [-0.15, -0.1) is 0 Å². The molecule has 1 unspecified atom stereocenters. The highest BCUT2D eigenvalue weighted by Crippen LogP contribution is 2.29. The predicted molar refractivity (Wildman–Crippen MR) is 122 cm³/mol. The van der Waals surface area contributed by atoms with Crippen LogP contribution < -0.4 is 0 Å². The molecule has 0 radical (unpaired) electrons. The maximum atomic E-state index is 6.42. The lowest BCUT2D eigenvalue weighted by atomic mass is 9.85. The van der Waals surface area contributed by atoms with E-state index in [0.29, 0.717) is 13.2 Å². The van der Waals surface area contributed by atoms with Crippen molar-refractivity contribution in [2.45, 2.75) is 84.5 Å². The lowest BCUT2D eigenvalue weighted by Gasteiger charge is -2.29. The maximum Gasteiger partial charge on any atom is 0.0816 e. The van der Waals surface area contributed by atoms with E-state index in [-0.39, 0.29) is 11.7 Å². The van der Waals surface area contributed by atoms with Crippen molar-refractivity contribution in [2.75, 3.05) is 6.61 Å². The lowest BCUT2D eigenvalue weighted by molar-refractivity contribution is -0.0849. The summed E-state index contributed by atoms with van der Waals surface area (Å²) in [5.41, 5.74) is 4.97. The van der Waals surface area contributed by atoms with Gasteiger partial charge in [0, 0.05) is 0 Å². The molecule has 3 rings (SSSR count). The average Bonchev–Trinajstić information content (AvgIpc) is 2.71. The molecule has 0 spiro atoms. The SMILES string of the molecule is Cc1ccccc1-c1cccc(COC(COC(C)(C)C)CC2CCCCC2)c1. The molecule has 1 aliphatic carbocycles. The summed E-state index contributed by atoms with van der Waals surface area (Å²) in [5, 5.41) is 0. The topological polar surface area (TPSA) is 18.5 Å². The molecule has 0 aliphatic heterocycles. The summed E-state index contributed by atoms with van der Waals surface area (Å²) in [6, 6.07) is 17.3. The highest BCUT2D eigenvalue weighted by Gasteiger charge is 2.22. The third kappa shape index (κ3) is 7.28. The summed E-state index contributed by atoms with van der Waals surface area (Å²) in [7, 11) is 0. The molecule has 2 nitrogen and oxygen atoms in total. The van der Waals surface area contributed by atoms with Gasteiger partial charge in [-0.3, -0.25) is 0 Å². The Kier molecular flexibility index (Phi) is 7.91. The van der Waals surface area contributed by atoms with E-state index in [2.05, 4.69) is 76.2 Å². The molecule has 29 heavy (non-hydrogen) atoms. The van der Waals surface area contributed by atoms with Crippen molar-refractivity contribution in [1.82, 2.24) is 0 Å². The van der Waals surface area contributed by atoms with E-state index in [0.717, 1.165) is 12.3 Å². The summed E-state index contributed by atoms with van der Waals surface area (Å²) in [5.74, 6) is 0.788. The minimum absolute atomic E-state index is 0.126. The second-order valence-corrected chi connectivity index (χ2v) is 9.61. The molecular formula is C27H38O2. The maximum absolute atomic E-state index is 6.42. The van der Waals surface area contributed by atoms with Crippen LogP contribution in [0.1, 0.15) is 70.4 Å². The van der Waals surface area contributed by atoms with E-state index < -0.39 is 0 Å². The fraction of sp³-hybridized carbons (Fsp3) is 0.556. The van der Waals surface area contributed by atoms with E-state index in [4.69, 9.17) is 9.47 Å². The van der Waals surface area contributed by atoms with Crippen LogP contribution in [-0.4, -0.2) is 18.3 Å². The Balaban J connectivity index is 1.64. The summed E-state index contributed by atoms with van der Waals surface area (Å²) in [6.45, 7) is 9.85. The van der Waals surface area contributed by atoms with Crippen molar-refractivity contribution < 1.29 is 9.47 Å². The van der Waals surface area contributed by atoms with Crippen molar-refractivity contribution in [3.63, 3.8) is 0 Å². The van der Waals surface area contributed by atoms with Crippen molar-refractivity contribution in [1.29, 1.82) is 0 Å². The molecule has 0 saturated heterocycles. The van der Waals surface area contributed by atoms with E-state index in [1.54, 1.807) is 0 Å². The molecule has 0 aromatic heterocycles. The molecular weight excluding hydrogens is 356 g/mol. The van der Waals surface area contributed by atoms with Gasteiger partial charge in [0.2, 0.25) is 0 Å². The Labute approximate surface area is 177 Å². The molecule has 1 aliphatic rings. The van der Waals surface area contributed by atoms with Crippen LogP contribution in [-0.2, 0) is 16.1 Å². The first-order chi connectivity index (χ1) is 13.9. The van der Waals surface area contributed by atoms with Crippen molar-refractivity contribution in [2.24, 2.45) is 5.92 Å². The zero-order valence-electron chi connectivity index (χ0n) is 18.7. The van der Waals surface area contributed by atoms with Crippen LogP contribution in [0.4, 0.5) is 0 Å². The second kappa shape index (κ2) is 10.4. The van der Waals surface area contributed by atoms with Gasteiger partial charge < -0.3 is 9.47 Å². The fourth-order valence-electron chi connectivity index (χ4n) is 4.26. The first-order valence-electron chi connectivity index (χ1n) is 11.3. The van der Waals surface area contributed by atoms with Gasteiger partial charge in [-0.05, 0) is 68.4 Å². The van der Waals surface area contributed by atoms with Gasteiger partial charge >= 0.3 is 0 Å². The van der Waals surface area contributed by atoms with E-state index in [1.807, 2.05) is 0 Å². The molecule has 2 aromatic rings. The Morgan fingerprint density at radius 1 is 0.966 bits per heavy atom. The van der Waals surface area contributed by atoms with Crippen LogP contribution in [0.3, 0.4) is 0 Å². The van der Waals surface area contributed by atoms with E-state index in [9.17, 15) is 0 Å². The molecule has 0 amide bonds. The van der Waals surface area contributed by atoms with Crippen molar-refractivity contribution in [3.8, 4) is 11.1 Å². The zero-order chi connectivity index (χ0) is 20.7. The average molecular weight is 395 g/mol. The van der Waals surface area contributed by atoms with Crippen LogP contribution in [0.15, 0.2) is 48.5 Å². The number of hydrogen-bond donors (Lipinski definition) is 0. The first kappa shape index (κ1) is 22.1. The third-order valence-electron chi connectivity index (χ3n) is 5.89. The smallest absolute Gasteiger partial charge is 0.0816 e. The van der Waals surface area contributed by atoms with E-state index in [1.165, 1.54) is 54.4 Å². The number of benzene rings is 2. The Morgan fingerprint density at radius 2 is 1.72 bits per heavy atom. The fourth-order valence-corrected chi connectivity index (χ4v) is 4.26. The van der Waals surface area contributed by atoms with E-state index >= 15 is 0 Å². The van der Waals surface area contributed by atoms with Crippen LogP contribution in [0.5, 0.6) is 0 Å². The quantitative estimate of drug-likeness (QED) is 0.466. The second-order valence-electron chi connectivity index (χ2n) is 9.61. The standard InChI is InChI=1S/C27H38O2/c1-21-11-8-9-16-26(21)24-15-10-14-23(17-24)19-28-25(20-29-27(2,3)4)18-22-12-6-5-7-13-22/h8-11,14-17,22,25H,5-7,12-13,18-20H2,1-4H3. The number of ether oxygens (including phenoxy) is 2. The normalized spacial score (nSPS) is 16.7. The Morgan fingerprint density at radius 3 is 2.45 bits per heavy atom. The third-order valence-corrected chi connectivity index (χ3v) is 5.89. The Bertz CT molecular complexity index is 753. The summed E-state index contributed by atoms with van der Waals surface area (Å²) < 4.78 is 12.5. The molecule has 1 fully saturated rings. The van der Waals surface area contributed by atoms with Crippen molar-refractivity contribution in [3.05, 3.63) is 59.7 Å². The largest absolute Gasteiger partial charge is 0.373 e. The van der Waals surface area contributed by atoms with Crippen LogP contribution >= 0.6 is 0 Å². The van der Waals surface area contributed by atoms with Crippen LogP contribution in [0, 0.1) is 12.8 Å². The number of hydrogen-bond acceptors (Lipinski definition) is 2. The van der Waals surface area contributed by atoms with Crippen LogP contribution in [0.2, 0.25) is 0 Å². The summed E-state index contributed by atoms with van der Waals surface area (Å²) >= 11 is 0. The highest BCUT2D eigenvalue weighted by molar-refractivity contribution is 5.67. The van der Waals surface area contributed by atoms with Gasteiger partial charge in [-0.2, -0.15) is 0 Å². The molecule has 158 valence electrons. The molecule has 0 bridgehead atoms. The number of aryl methyl sites for hydroxylation is 1. The van der Waals surface area contributed by atoms with Gasteiger partial charge in [-0.1, -0.05) is 74.6 Å². The molecule has 0 heterocycles. The molecule has 2 heteroatoms. The van der Waals surface area contributed by atoms with Gasteiger partial charge in [0.15, 0.2) is 0 Å². The molecule has 0 N–H and O–H groups in total. The number of rotatable bonds is 8.